The first-order chi connectivity index (χ1) is 13.1. The van der Waals surface area contributed by atoms with Gasteiger partial charge in [0.25, 0.3) is 0 Å². The molecule has 3 aromatic rings. The number of carbonyl (C=O) groups excluding carboxylic acids is 1. The molecule has 140 valence electrons. The zero-order valence-corrected chi connectivity index (χ0v) is 17.0. The number of thiophene rings is 1. The number of benzene rings is 1. The minimum absolute atomic E-state index is 0.0158. The van der Waals surface area contributed by atoms with Crippen molar-refractivity contribution in [2.75, 3.05) is 17.2 Å². The minimum atomic E-state index is 0.0158. The van der Waals surface area contributed by atoms with Gasteiger partial charge in [-0.25, -0.2) is 0 Å². The molecule has 0 aliphatic heterocycles. The molecule has 0 N–H and O–H groups in total. The molecule has 5 nitrogen and oxygen atoms in total. The summed E-state index contributed by atoms with van der Waals surface area (Å²) >= 11 is 3.05. The van der Waals surface area contributed by atoms with Crippen LogP contribution in [0.25, 0.3) is 10.7 Å². The largest absolute Gasteiger partial charge is 0.308 e. The number of aromatic nitrogens is 3. The van der Waals surface area contributed by atoms with Crippen molar-refractivity contribution in [2.24, 2.45) is 0 Å². The molecule has 0 radical (unpaired) electrons. The Bertz CT molecular complexity index is 888. The molecule has 1 aromatic carbocycles. The number of carbonyl (C=O) groups is 1. The van der Waals surface area contributed by atoms with Crippen molar-refractivity contribution >= 4 is 34.7 Å². The summed E-state index contributed by atoms with van der Waals surface area (Å²) < 4.78 is 2.09. The van der Waals surface area contributed by atoms with E-state index in [-0.39, 0.29) is 17.7 Å². The van der Waals surface area contributed by atoms with Crippen molar-refractivity contribution in [3.63, 3.8) is 0 Å². The number of anilines is 1. The molecule has 0 unspecified atom stereocenters. The van der Waals surface area contributed by atoms with Crippen molar-refractivity contribution < 1.29 is 4.79 Å². The van der Waals surface area contributed by atoms with Gasteiger partial charge in [-0.1, -0.05) is 42.1 Å². The molecule has 7 heteroatoms. The highest BCUT2D eigenvalue weighted by atomic mass is 32.2. The van der Waals surface area contributed by atoms with Gasteiger partial charge < -0.3 is 4.90 Å². The van der Waals surface area contributed by atoms with Crippen LogP contribution in [-0.2, 0) is 4.79 Å². The monoisotopic (exact) mass is 398 g/mol. The average Bonchev–Trinajstić information content (AvgIpc) is 3.34. The number of hydrogen-bond acceptors (Lipinski definition) is 5. The van der Waals surface area contributed by atoms with Gasteiger partial charge in [0.1, 0.15) is 0 Å². The molecule has 0 aliphatic rings. The molecule has 0 saturated carbocycles. The Balaban J connectivity index is 1.77. The first kappa shape index (κ1) is 19.4. The zero-order chi connectivity index (χ0) is 19.2. The second kappa shape index (κ2) is 9.01. The fraction of sp³-hybridized carbons (Fsp3) is 0.250. The van der Waals surface area contributed by atoms with Gasteiger partial charge in [-0.3, -0.25) is 9.36 Å². The molecule has 0 spiro atoms. The smallest absolute Gasteiger partial charge is 0.237 e. The Morgan fingerprint density at radius 1 is 1.26 bits per heavy atom. The third-order valence-electron chi connectivity index (χ3n) is 3.93. The summed E-state index contributed by atoms with van der Waals surface area (Å²) in [6, 6.07) is 13.9. The highest BCUT2D eigenvalue weighted by molar-refractivity contribution is 7.99. The van der Waals surface area contributed by atoms with Crippen molar-refractivity contribution in [3.05, 3.63) is 60.5 Å². The molecule has 0 fully saturated rings. The van der Waals surface area contributed by atoms with E-state index in [9.17, 15) is 4.79 Å². The van der Waals surface area contributed by atoms with E-state index in [0.717, 1.165) is 21.5 Å². The molecule has 27 heavy (non-hydrogen) atoms. The van der Waals surface area contributed by atoms with Crippen molar-refractivity contribution in [3.8, 4) is 10.7 Å². The van der Waals surface area contributed by atoms with Crippen LogP contribution in [0.15, 0.2) is 65.7 Å². The summed E-state index contributed by atoms with van der Waals surface area (Å²) in [6.45, 7) is 8.44. The maximum atomic E-state index is 12.8. The number of para-hydroxylation sites is 1. The van der Waals surface area contributed by atoms with Crippen LogP contribution >= 0.6 is 23.1 Å². The zero-order valence-electron chi connectivity index (χ0n) is 15.4. The Hall–Kier alpha value is -2.38. The van der Waals surface area contributed by atoms with Gasteiger partial charge in [-0.05, 0) is 37.4 Å². The highest BCUT2D eigenvalue weighted by Crippen LogP contribution is 2.30. The third kappa shape index (κ3) is 4.48. The van der Waals surface area contributed by atoms with E-state index >= 15 is 0 Å². The quantitative estimate of drug-likeness (QED) is 0.400. The molecule has 0 atom stereocenters. The van der Waals surface area contributed by atoms with Gasteiger partial charge in [0.2, 0.25) is 5.91 Å². The molecule has 2 heterocycles. The summed E-state index contributed by atoms with van der Waals surface area (Å²) in [6.07, 6.45) is 1.74. The van der Waals surface area contributed by atoms with Gasteiger partial charge in [-0.15, -0.1) is 28.1 Å². The Labute approximate surface area is 167 Å². The Kier molecular flexibility index (Phi) is 6.47. The van der Waals surface area contributed by atoms with E-state index in [2.05, 4.69) is 35.2 Å². The number of nitrogens with zero attached hydrogens (tertiary/aromatic N) is 4. The lowest BCUT2D eigenvalue weighted by atomic mass is 10.3. The molecule has 0 aliphatic carbocycles. The topological polar surface area (TPSA) is 51.0 Å². The van der Waals surface area contributed by atoms with E-state index in [0.29, 0.717) is 6.54 Å². The number of amides is 1. The van der Waals surface area contributed by atoms with Crippen LogP contribution in [0.1, 0.15) is 19.9 Å². The summed E-state index contributed by atoms with van der Waals surface area (Å²) in [5.74, 6) is 1.15. The number of thioether (sulfide) groups is 1. The number of hydrogen-bond donors (Lipinski definition) is 0. The molecule has 0 saturated heterocycles. The lowest BCUT2D eigenvalue weighted by Crippen LogP contribution is -2.32. The lowest BCUT2D eigenvalue weighted by Gasteiger charge is -2.21. The third-order valence-corrected chi connectivity index (χ3v) is 5.72. The molecule has 2 aromatic heterocycles. The predicted octanol–water partition coefficient (Wildman–Crippen LogP) is 4.90. The predicted molar refractivity (Wildman–Crippen MR) is 113 cm³/mol. The Morgan fingerprint density at radius 3 is 2.67 bits per heavy atom. The van der Waals surface area contributed by atoms with Gasteiger partial charge >= 0.3 is 0 Å². The molecular formula is C20H22N4OS2. The maximum absolute atomic E-state index is 12.8. The van der Waals surface area contributed by atoms with Gasteiger partial charge in [0.05, 0.1) is 10.6 Å². The van der Waals surface area contributed by atoms with E-state index in [1.165, 1.54) is 11.8 Å². The van der Waals surface area contributed by atoms with Crippen LogP contribution in [0, 0.1) is 0 Å². The van der Waals surface area contributed by atoms with E-state index in [1.807, 2.05) is 47.8 Å². The Morgan fingerprint density at radius 2 is 2.04 bits per heavy atom. The summed E-state index contributed by atoms with van der Waals surface area (Å²) in [5.41, 5.74) is 0.868. The summed E-state index contributed by atoms with van der Waals surface area (Å²) in [4.78, 5) is 15.6. The van der Waals surface area contributed by atoms with Crippen LogP contribution < -0.4 is 4.90 Å². The fourth-order valence-electron chi connectivity index (χ4n) is 2.71. The van der Waals surface area contributed by atoms with Crippen molar-refractivity contribution in [2.45, 2.75) is 25.0 Å². The van der Waals surface area contributed by atoms with E-state index < -0.39 is 0 Å². The van der Waals surface area contributed by atoms with Crippen LogP contribution in [0.4, 0.5) is 5.69 Å². The molecule has 3 rings (SSSR count). The van der Waals surface area contributed by atoms with Crippen molar-refractivity contribution in [1.29, 1.82) is 0 Å². The second-order valence-electron chi connectivity index (χ2n) is 6.16. The van der Waals surface area contributed by atoms with E-state index in [1.54, 1.807) is 22.3 Å². The number of rotatable bonds is 8. The summed E-state index contributed by atoms with van der Waals surface area (Å²) in [5, 5.41) is 11.5. The van der Waals surface area contributed by atoms with Gasteiger partial charge in [0, 0.05) is 18.3 Å². The van der Waals surface area contributed by atoms with Crippen molar-refractivity contribution in [1.82, 2.24) is 14.8 Å². The SMILES string of the molecule is C=CCN(C(=O)CSc1nnc(-c2cccs2)n1C(C)C)c1ccccc1. The van der Waals surface area contributed by atoms with Crippen LogP contribution in [0.5, 0.6) is 0 Å². The van der Waals surface area contributed by atoms with Gasteiger partial charge in [-0.2, -0.15) is 0 Å². The first-order valence-electron chi connectivity index (χ1n) is 8.69. The normalized spacial score (nSPS) is 10.9. The highest BCUT2D eigenvalue weighted by Gasteiger charge is 2.20. The second-order valence-corrected chi connectivity index (χ2v) is 8.05. The summed E-state index contributed by atoms with van der Waals surface area (Å²) in [7, 11) is 0. The average molecular weight is 399 g/mol. The first-order valence-corrected chi connectivity index (χ1v) is 10.6. The maximum Gasteiger partial charge on any atom is 0.237 e. The fourth-order valence-corrected chi connectivity index (χ4v) is 4.36. The van der Waals surface area contributed by atoms with Crippen LogP contribution in [0.3, 0.4) is 0 Å². The van der Waals surface area contributed by atoms with Crippen LogP contribution in [0.2, 0.25) is 0 Å². The lowest BCUT2D eigenvalue weighted by molar-refractivity contribution is -0.116. The molecular weight excluding hydrogens is 376 g/mol. The van der Waals surface area contributed by atoms with Gasteiger partial charge in [0.15, 0.2) is 11.0 Å². The standard InChI is InChI=1S/C20H22N4OS2/c1-4-12-23(16-9-6-5-7-10-16)18(25)14-27-20-22-21-19(24(20)15(2)3)17-11-8-13-26-17/h4-11,13,15H,1,12,14H2,2-3H3. The van der Waals surface area contributed by atoms with E-state index in [4.69, 9.17) is 0 Å². The molecule has 1 amide bonds. The van der Waals surface area contributed by atoms with Crippen LogP contribution in [-0.4, -0.2) is 33.0 Å². The minimum Gasteiger partial charge on any atom is -0.308 e. The molecule has 0 bridgehead atoms.